The van der Waals surface area contributed by atoms with Crippen LogP contribution in [0.15, 0.2) is 45.9 Å². The molecule has 0 aliphatic carbocycles. The molecule has 0 radical (unpaired) electrons. The number of hydrogen-bond donors (Lipinski definition) is 2. The van der Waals surface area contributed by atoms with Gasteiger partial charge in [-0.1, -0.05) is 0 Å². The van der Waals surface area contributed by atoms with Crippen LogP contribution in [0, 0.1) is 0 Å². The lowest BCUT2D eigenvalue weighted by Crippen LogP contribution is -2.34. The van der Waals surface area contributed by atoms with E-state index in [1.54, 1.807) is 12.1 Å². The first-order chi connectivity index (χ1) is 12.2. The Hall–Kier alpha value is -3.18. The molecule has 26 heavy (non-hydrogen) atoms. The number of rotatable bonds is 6. The van der Waals surface area contributed by atoms with Crippen molar-refractivity contribution in [3.63, 3.8) is 0 Å². The SMILES string of the molecule is COc1ccc(C(=O)NC(=O)COC(=O)c2ccc(S(N)(=O)=O)o2)cc1. The molecule has 0 saturated heterocycles. The third kappa shape index (κ3) is 4.91. The van der Waals surface area contributed by atoms with Crippen molar-refractivity contribution < 1.29 is 36.7 Å². The van der Waals surface area contributed by atoms with E-state index in [4.69, 9.17) is 14.3 Å². The third-order valence-electron chi connectivity index (χ3n) is 3.00. The van der Waals surface area contributed by atoms with Crippen LogP contribution in [0.2, 0.25) is 0 Å². The largest absolute Gasteiger partial charge is 0.497 e. The number of imide groups is 1. The highest BCUT2D eigenvalue weighted by Crippen LogP contribution is 2.13. The van der Waals surface area contributed by atoms with Gasteiger partial charge in [-0.25, -0.2) is 18.4 Å². The number of nitrogens with one attached hydrogen (secondary N) is 1. The van der Waals surface area contributed by atoms with Gasteiger partial charge in [0.1, 0.15) is 5.75 Å². The molecule has 11 heteroatoms. The van der Waals surface area contributed by atoms with Crippen LogP contribution >= 0.6 is 0 Å². The molecule has 2 aromatic rings. The quantitative estimate of drug-likeness (QED) is 0.664. The molecule has 1 heterocycles. The summed E-state index contributed by atoms with van der Waals surface area (Å²) in [5.41, 5.74) is 0.203. The fourth-order valence-corrected chi connectivity index (χ4v) is 2.23. The second-order valence-corrected chi connectivity index (χ2v) is 6.34. The minimum Gasteiger partial charge on any atom is -0.497 e. The molecule has 0 saturated carbocycles. The van der Waals surface area contributed by atoms with Gasteiger partial charge >= 0.3 is 5.97 Å². The smallest absolute Gasteiger partial charge is 0.374 e. The predicted molar refractivity (Wildman–Crippen MR) is 85.8 cm³/mol. The highest BCUT2D eigenvalue weighted by Gasteiger charge is 2.20. The molecule has 0 aliphatic heterocycles. The van der Waals surface area contributed by atoms with Crippen LogP contribution in [-0.4, -0.2) is 39.9 Å². The Morgan fingerprint density at radius 2 is 1.77 bits per heavy atom. The zero-order valence-electron chi connectivity index (χ0n) is 13.4. The fraction of sp³-hybridized carbons (Fsp3) is 0.133. The highest BCUT2D eigenvalue weighted by molar-refractivity contribution is 7.89. The topological polar surface area (TPSA) is 155 Å². The van der Waals surface area contributed by atoms with Crippen LogP contribution < -0.4 is 15.2 Å². The maximum Gasteiger partial charge on any atom is 0.374 e. The summed E-state index contributed by atoms with van der Waals surface area (Å²) in [4.78, 5) is 35.2. The molecule has 0 spiro atoms. The second-order valence-electron chi connectivity index (χ2n) is 4.85. The van der Waals surface area contributed by atoms with Crippen molar-refractivity contribution in [3.8, 4) is 5.75 Å². The summed E-state index contributed by atoms with van der Waals surface area (Å²) < 4.78 is 36.4. The van der Waals surface area contributed by atoms with Gasteiger partial charge in [0.15, 0.2) is 6.61 Å². The van der Waals surface area contributed by atoms with Crippen molar-refractivity contribution in [1.82, 2.24) is 5.32 Å². The van der Waals surface area contributed by atoms with Gasteiger partial charge in [-0.15, -0.1) is 0 Å². The number of amides is 2. The van der Waals surface area contributed by atoms with E-state index in [9.17, 15) is 22.8 Å². The number of esters is 1. The van der Waals surface area contributed by atoms with Crippen molar-refractivity contribution in [3.05, 3.63) is 47.7 Å². The van der Waals surface area contributed by atoms with Gasteiger partial charge in [0.05, 0.1) is 7.11 Å². The molecule has 0 unspecified atom stereocenters. The number of primary sulfonamides is 1. The summed E-state index contributed by atoms with van der Waals surface area (Å²) in [6.07, 6.45) is 0. The average molecular weight is 382 g/mol. The maximum absolute atomic E-state index is 11.9. The van der Waals surface area contributed by atoms with Gasteiger partial charge in [-0.2, -0.15) is 0 Å². The van der Waals surface area contributed by atoms with Crippen molar-refractivity contribution in [2.24, 2.45) is 5.14 Å². The number of carbonyl (C=O) groups is 3. The Morgan fingerprint density at radius 3 is 2.31 bits per heavy atom. The number of nitrogens with two attached hydrogens (primary N) is 1. The molecule has 2 amide bonds. The number of carbonyl (C=O) groups excluding carboxylic acids is 3. The monoisotopic (exact) mass is 382 g/mol. The van der Waals surface area contributed by atoms with Crippen LogP contribution in [0.25, 0.3) is 0 Å². The summed E-state index contributed by atoms with van der Waals surface area (Å²) in [6, 6.07) is 7.98. The first-order valence-electron chi connectivity index (χ1n) is 6.98. The van der Waals surface area contributed by atoms with E-state index in [1.807, 2.05) is 5.32 Å². The fourth-order valence-electron chi connectivity index (χ4n) is 1.76. The number of sulfonamides is 1. The second kappa shape index (κ2) is 7.80. The predicted octanol–water partition coefficient (Wildman–Crippen LogP) is 0.0490. The molecule has 0 aliphatic rings. The molecule has 10 nitrogen and oxygen atoms in total. The Morgan fingerprint density at radius 1 is 1.12 bits per heavy atom. The first kappa shape index (κ1) is 19.1. The van der Waals surface area contributed by atoms with Crippen molar-refractivity contribution in [2.45, 2.75) is 5.09 Å². The van der Waals surface area contributed by atoms with Gasteiger partial charge in [-0.05, 0) is 36.4 Å². The van der Waals surface area contributed by atoms with Gasteiger partial charge in [-0.3, -0.25) is 14.9 Å². The standard InChI is InChI=1S/C15H14N2O8S/c1-23-10-4-2-9(3-5-10)14(19)17-12(18)8-24-15(20)11-6-7-13(25-11)26(16,21)22/h2-7H,8H2,1H3,(H2,16,21,22)(H,17,18,19). The van der Waals surface area contributed by atoms with Crippen LogP contribution in [-0.2, 0) is 19.6 Å². The molecule has 0 atom stereocenters. The summed E-state index contributed by atoms with van der Waals surface area (Å²) in [5, 5.41) is 6.24. The molecular formula is C15H14N2O8S. The molecule has 3 N–H and O–H groups in total. The molecule has 138 valence electrons. The normalized spacial score (nSPS) is 10.8. The van der Waals surface area contributed by atoms with Gasteiger partial charge < -0.3 is 13.9 Å². The Labute approximate surface area is 147 Å². The zero-order valence-corrected chi connectivity index (χ0v) is 14.2. The Balaban J connectivity index is 1.88. The zero-order chi connectivity index (χ0) is 19.3. The maximum atomic E-state index is 11.9. The lowest BCUT2D eigenvalue weighted by atomic mass is 10.2. The van der Waals surface area contributed by atoms with Crippen molar-refractivity contribution in [1.29, 1.82) is 0 Å². The van der Waals surface area contributed by atoms with Gasteiger partial charge in [0, 0.05) is 5.56 Å². The molecular weight excluding hydrogens is 368 g/mol. The molecule has 1 aromatic heterocycles. The van der Waals surface area contributed by atoms with E-state index in [-0.39, 0.29) is 5.56 Å². The minimum absolute atomic E-state index is 0.203. The number of furan rings is 1. The van der Waals surface area contributed by atoms with E-state index < -0.39 is 45.3 Å². The van der Waals surface area contributed by atoms with Crippen LogP contribution in [0.1, 0.15) is 20.9 Å². The minimum atomic E-state index is -4.11. The highest BCUT2D eigenvalue weighted by atomic mass is 32.2. The van der Waals surface area contributed by atoms with Gasteiger partial charge in [0.2, 0.25) is 10.9 Å². The van der Waals surface area contributed by atoms with Crippen molar-refractivity contribution in [2.75, 3.05) is 13.7 Å². The summed E-state index contributed by atoms with van der Waals surface area (Å²) >= 11 is 0. The molecule has 2 rings (SSSR count). The number of benzene rings is 1. The summed E-state index contributed by atoms with van der Waals surface area (Å²) in [5.74, 6) is -2.57. The molecule has 0 bridgehead atoms. The lowest BCUT2D eigenvalue weighted by Gasteiger charge is -2.05. The average Bonchev–Trinajstić information content (AvgIpc) is 3.10. The van der Waals surface area contributed by atoms with E-state index >= 15 is 0 Å². The van der Waals surface area contributed by atoms with Crippen LogP contribution in [0.5, 0.6) is 5.75 Å². The summed E-state index contributed by atoms with van der Waals surface area (Å²) in [7, 11) is -2.64. The van der Waals surface area contributed by atoms with Crippen molar-refractivity contribution >= 4 is 27.8 Å². The molecule has 1 aromatic carbocycles. The van der Waals surface area contributed by atoms with Crippen LogP contribution in [0.4, 0.5) is 0 Å². The lowest BCUT2D eigenvalue weighted by molar-refractivity contribution is -0.123. The number of methoxy groups -OCH3 is 1. The molecule has 0 fully saturated rings. The summed E-state index contributed by atoms with van der Waals surface area (Å²) in [6.45, 7) is -0.772. The Bertz CT molecular complexity index is 931. The van der Waals surface area contributed by atoms with Crippen LogP contribution in [0.3, 0.4) is 0 Å². The van der Waals surface area contributed by atoms with Gasteiger partial charge in [0.25, 0.3) is 21.8 Å². The van der Waals surface area contributed by atoms with E-state index in [0.29, 0.717) is 5.75 Å². The van der Waals surface area contributed by atoms with E-state index in [1.165, 1.54) is 19.2 Å². The first-order valence-corrected chi connectivity index (χ1v) is 8.53. The van der Waals surface area contributed by atoms with E-state index in [2.05, 4.69) is 4.74 Å². The van der Waals surface area contributed by atoms with E-state index in [0.717, 1.165) is 12.1 Å². The third-order valence-corrected chi connectivity index (χ3v) is 3.78. The Kier molecular flexibility index (Phi) is 5.75. The number of hydrogen-bond acceptors (Lipinski definition) is 8. The number of ether oxygens (including phenoxy) is 2.